The van der Waals surface area contributed by atoms with E-state index in [1.54, 1.807) is 17.2 Å². The number of esters is 1. The molecule has 0 saturated carbocycles. The first-order chi connectivity index (χ1) is 8.99. The number of rotatable bonds is 6. The number of alkyl halides is 1. The summed E-state index contributed by atoms with van der Waals surface area (Å²) in [5.41, 5.74) is 0.281. The van der Waals surface area contributed by atoms with E-state index >= 15 is 0 Å². The van der Waals surface area contributed by atoms with Crippen molar-refractivity contribution in [3.05, 3.63) is 16.1 Å². The van der Waals surface area contributed by atoms with Gasteiger partial charge in [0.2, 0.25) is 5.91 Å². The van der Waals surface area contributed by atoms with Gasteiger partial charge in [0.15, 0.2) is 5.69 Å². The Morgan fingerprint density at radius 1 is 1.53 bits per heavy atom. The van der Waals surface area contributed by atoms with Crippen LogP contribution in [0, 0.1) is 0 Å². The lowest BCUT2D eigenvalue weighted by atomic mass is 10.3. The molecule has 0 aliphatic heterocycles. The Hall–Kier alpha value is -1.14. The molecule has 0 bridgehead atoms. The van der Waals surface area contributed by atoms with E-state index in [0.29, 0.717) is 18.2 Å². The van der Waals surface area contributed by atoms with Gasteiger partial charge in [-0.2, -0.15) is 0 Å². The molecule has 1 heterocycles. The molecular weight excluding hydrogens is 288 g/mol. The van der Waals surface area contributed by atoms with Gasteiger partial charge in [0.25, 0.3) is 0 Å². The van der Waals surface area contributed by atoms with Crippen LogP contribution in [0.15, 0.2) is 5.38 Å². The monoisotopic (exact) mass is 304 g/mol. The minimum absolute atomic E-state index is 0.0289. The number of carbonyl (C=O) groups excluding carboxylic acids is 2. The average molecular weight is 305 g/mol. The molecule has 0 spiro atoms. The molecule has 0 aromatic carbocycles. The molecule has 5 nitrogen and oxygen atoms in total. The molecule has 0 radical (unpaired) electrons. The van der Waals surface area contributed by atoms with Crippen molar-refractivity contribution in [3.8, 4) is 0 Å². The maximum Gasteiger partial charge on any atom is 0.357 e. The van der Waals surface area contributed by atoms with Crippen LogP contribution in [-0.2, 0) is 16.1 Å². The third-order valence-corrected chi connectivity index (χ3v) is 3.46. The highest BCUT2D eigenvalue weighted by molar-refractivity contribution is 7.09. The van der Waals surface area contributed by atoms with Crippen molar-refractivity contribution in [2.45, 2.75) is 33.4 Å². The average Bonchev–Trinajstić information content (AvgIpc) is 2.83. The number of ether oxygens (including phenoxy) is 1. The van der Waals surface area contributed by atoms with Gasteiger partial charge in [-0.3, -0.25) is 4.79 Å². The summed E-state index contributed by atoms with van der Waals surface area (Å²) in [5.74, 6) is -0.650. The summed E-state index contributed by atoms with van der Waals surface area (Å²) in [5, 5.41) is 2.33. The van der Waals surface area contributed by atoms with Crippen molar-refractivity contribution in [1.82, 2.24) is 9.88 Å². The third kappa shape index (κ3) is 4.47. The number of thiazole rings is 1. The Morgan fingerprint density at radius 2 is 2.21 bits per heavy atom. The first-order valence-electron chi connectivity index (χ1n) is 5.96. The number of aromatic nitrogens is 1. The van der Waals surface area contributed by atoms with E-state index < -0.39 is 5.97 Å². The third-order valence-electron chi connectivity index (χ3n) is 2.40. The lowest BCUT2D eigenvalue weighted by molar-refractivity contribution is -0.130. The van der Waals surface area contributed by atoms with Crippen molar-refractivity contribution in [1.29, 1.82) is 0 Å². The van der Waals surface area contributed by atoms with Crippen LogP contribution in [0.1, 0.15) is 36.3 Å². The van der Waals surface area contributed by atoms with Gasteiger partial charge in [0.05, 0.1) is 13.2 Å². The van der Waals surface area contributed by atoms with Crippen LogP contribution >= 0.6 is 22.9 Å². The number of hydrogen-bond acceptors (Lipinski definition) is 5. The van der Waals surface area contributed by atoms with Crippen LogP contribution < -0.4 is 0 Å². The van der Waals surface area contributed by atoms with E-state index in [0.717, 1.165) is 0 Å². The van der Waals surface area contributed by atoms with Gasteiger partial charge in [-0.05, 0) is 20.8 Å². The molecule has 0 atom stereocenters. The normalized spacial score (nSPS) is 10.6. The minimum atomic E-state index is -0.440. The van der Waals surface area contributed by atoms with Crippen LogP contribution in [0.3, 0.4) is 0 Å². The van der Waals surface area contributed by atoms with Gasteiger partial charge in [0.1, 0.15) is 10.9 Å². The topological polar surface area (TPSA) is 59.5 Å². The summed E-state index contributed by atoms with van der Waals surface area (Å²) in [7, 11) is 0. The maximum absolute atomic E-state index is 11.7. The first kappa shape index (κ1) is 15.9. The van der Waals surface area contributed by atoms with Crippen LogP contribution in [0.25, 0.3) is 0 Å². The Kier molecular flexibility index (Phi) is 6.24. The van der Waals surface area contributed by atoms with Crippen LogP contribution in [0.2, 0.25) is 0 Å². The van der Waals surface area contributed by atoms with Gasteiger partial charge < -0.3 is 9.64 Å². The van der Waals surface area contributed by atoms with Gasteiger partial charge in [-0.1, -0.05) is 0 Å². The van der Waals surface area contributed by atoms with Crippen LogP contribution in [0.5, 0.6) is 0 Å². The summed E-state index contributed by atoms with van der Waals surface area (Å²) in [6.07, 6.45) is 0. The highest BCUT2D eigenvalue weighted by Gasteiger charge is 2.19. The fourth-order valence-corrected chi connectivity index (χ4v) is 2.38. The van der Waals surface area contributed by atoms with Crippen molar-refractivity contribution in [3.63, 3.8) is 0 Å². The van der Waals surface area contributed by atoms with E-state index in [-0.39, 0.29) is 23.5 Å². The van der Waals surface area contributed by atoms with E-state index in [1.165, 1.54) is 11.3 Å². The van der Waals surface area contributed by atoms with Crippen molar-refractivity contribution in [2.24, 2.45) is 0 Å². The summed E-state index contributed by atoms with van der Waals surface area (Å²) in [6.45, 7) is 6.22. The minimum Gasteiger partial charge on any atom is -0.461 e. The Labute approximate surface area is 121 Å². The lowest BCUT2D eigenvalue weighted by Gasteiger charge is -2.24. The molecule has 0 fully saturated rings. The van der Waals surface area contributed by atoms with E-state index in [9.17, 15) is 9.59 Å². The molecule has 0 N–H and O–H groups in total. The molecule has 1 aromatic rings. The van der Waals surface area contributed by atoms with Gasteiger partial charge in [0, 0.05) is 11.4 Å². The zero-order valence-electron chi connectivity index (χ0n) is 11.2. The second-order valence-electron chi connectivity index (χ2n) is 4.10. The molecule has 0 aliphatic carbocycles. The van der Waals surface area contributed by atoms with E-state index in [1.807, 2.05) is 13.8 Å². The Balaban J connectivity index is 2.76. The van der Waals surface area contributed by atoms with Gasteiger partial charge in [-0.15, -0.1) is 22.9 Å². The second-order valence-corrected chi connectivity index (χ2v) is 5.31. The van der Waals surface area contributed by atoms with Gasteiger partial charge in [-0.25, -0.2) is 9.78 Å². The Bertz CT molecular complexity index is 448. The molecule has 19 heavy (non-hydrogen) atoms. The molecule has 106 valence electrons. The zero-order chi connectivity index (χ0) is 14.4. The second kappa shape index (κ2) is 7.45. The van der Waals surface area contributed by atoms with Crippen molar-refractivity contribution < 1.29 is 14.3 Å². The first-order valence-corrected chi connectivity index (χ1v) is 7.38. The van der Waals surface area contributed by atoms with Crippen molar-refractivity contribution in [2.75, 3.05) is 12.5 Å². The van der Waals surface area contributed by atoms with Gasteiger partial charge >= 0.3 is 5.97 Å². The summed E-state index contributed by atoms with van der Waals surface area (Å²) in [6, 6.07) is 0.0289. The molecule has 7 heteroatoms. The molecule has 1 amide bonds. The molecule has 0 unspecified atom stereocenters. The van der Waals surface area contributed by atoms with Crippen LogP contribution in [0.4, 0.5) is 0 Å². The largest absolute Gasteiger partial charge is 0.461 e. The number of halogens is 1. The fourth-order valence-electron chi connectivity index (χ4n) is 1.46. The summed E-state index contributed by atoms with van der Waals surface area (Å²) >= 11 is 6.90. The fraction of sp³-hybridized carbons (Fsp3) is 0.583. The molecule has 0 aliphatic rings. The molecular formula is C12H17ClN2O3S. The zero-order valence-corrected chi connectivity index (χ0v) is 12.8. The number of amides is 1. The number of carbonyl (C=O) groups is 2. The lowest BCUT2D eigenvalue weighted by Crippen LogP contribution is -2.37. The molecule has 0 saturated heterocycles. The molecule has 1 rings (SSSR count). The smallest absolute Gasteiger partial charge is 0.357 e. The van der Waals surface area contributed by atoms with Crippen LogP contribution in [-0.4, -0.2) is 40.3 Å². The predicted octanol–water partition coefficient (Wildman–Crippen LogP) is 2.30. The Morgan fingerprint density at radius 3 is 2.74 bits per heavy atom. The van der Waals surface area contributed by atoms with Crippen molar-refractivity contribution >= 4 is 34.8 Å². The molecule has 1 aromatic heterocycles. The predicted molar refractivity (Wildman–Crippen MR) is 74.5 cm³/mol. The number of nitrogens with zero attached hydrogens (tertiary/aromatic N) is 2. The summed E-state index contributed by atoms with van der Waals surface area (Å²) in [4.78, 5) is 29.0. The highest BCUT2D eigenvalue weighted by Crippen LogP contribution is 2.15. The van der Waals surface area contributed by atoms with E-state index in [2.05, 4.69) is 4.98 Å². The summed E-state index contributed by atoms with van der Waals surface area (Å²) < 4.78 is 4.87. The standard InChI is InChI=1S/C12H17ClN2O3S/c1-4-18-12(17)9-7-19-10(14-9)6-15(8(2)3)11(16)5-13/h7-8H,4-6H2,1-3H3. The SMILES string of the molecule is CCOC(=O)c1csc(CN(C(=O)CCl)C(C)C)n1. The van der Waals surface area contributed by atoms with E-state index in [4.69, 9.17) is 16.3 Å². The number of hydrogen-bond donors (Lipinski definition) is 0. The maximum atomic E-state index is 11.7. The highest BCUT2D eigenvalue weighted by atomic mass is 35.5. The quantitative estimate of drug-likeness (QED) is 0.597.